The fourth-order valence-corrected chi connectivity index (χ4v) is 3.18. The van der Waals surface area contributed by atoms with E-state index in [0.717, 1.165) is 17.9 Å². The molecule has 1 atom stereocenters. The smallest absolute Gasteiger partial charge is 0.221 e. The van der Waals surface area contributed by atoms with E-state index in [1.165, 1.54) is 18.4 Å². The maximum absolute atomic E-state index is 11.8. The van der Waals surface area contributed by atoms with Gasteiger partial charge >= 0.3 is 0 Å². The standard InChI is InChI=1S/C16H23ClN2O/c1-12(18)10-15(20)19-11-16(8-2-3-9-16)13-4-6-14(17)7-5-13/h4-7,12H,2-3,8-11,18H2,1H3,(H,19,20). The van der Waals surface area contributed by atoms with Gasteiger partial charge in [0.2, 0.25) is 5.91 Å². The van der Waals surface area contributed by atoms with E-state index in [2.05, 4.69) is 17.4 Å². The Bertz CT molecular complexity index is 450. The Morgan fingerprint density at radius 2 is 1.95 bits per heavy atom. The highest BCUT2D eigenvalue weighted by atomic mass is 35.5. The first kappa shape index (κ1) is 15.3. The molecule has 1 fully saturated rings. The average molecular weight is 295 g/mol. The van der Waals surface area contributed by atoms with Gasteiger partial charge in [0.05, 0.1) is 0 Å². The second-order valence-electron chi connectivity index (χ2n) is 5.95. The van der Waals surface area contributed by atoms with Crippen LogP contribution in [0.2, 0.25) is 5.02 Å². The molecule has 0 spiro atoms. The van der Waals surface area contributed by atoms with Crippen LogP contribution in [0.5, 0.6) is 0 Å². The van der Waals surface area contributed by atoms with Crippen LogP contribution in [0.25, 0.3) is 0 Å². The number of rotatable bonds is 5. The Morgan fingerprint density at radius 3 is 2.50 bits per heavy atom. The molecular weight excluding hydrogens is 272 g/mol. The van der Waals surface area contributed by atoms with Crippen LogP contribution in [0.4, 0.5) is 0 Å². The molecule has 1 saturated carbocycles. The summed E-state index contributed by atoms with van der Waals surface area (Å²) in [7, 11) is 0. The lowest BCUT2D eigenvalue weighted by atomic mass is 9.79. The lowest BCUT2D eigenvalue weighted by molar-refractivity contribution is -0.121. The predicted molar refractivity (Wildman–Crippen MR) is 82.9 cm³/mol. The molecule has 3 nitrogen and oxygen atoms in total. The van der Waals surface area contributed by atoms with Crippen LogP contribution >= 0.6 is 11.6 Å². The van der Waals surface area contributed by atoms with Crippen molar-refractivity contribution in [3.8, 4) is 0 Å². The van der Waals surface area contributed by atoms with Gasteiger partial charge in [-0.1, -0.05) is 36.6 Å². The number of hydrogen-bond acceptors (Lipinski definition) is 2. The Hall–Kier alpha value is -1.06. The van der Waals surface area contributed by atoms with E-state index in [1.54, 1.807) is 0 Å². The van der Waals surface area contributed by atoms with Crippen molar-refractivity contribution in [1.82, 2.24) is 5.32 Å². The highest BCUT2D eigenvalue weighted by molar-refractivity contribution is 6.30. The van der Waals surface area contributed by atoms with Crippen LogP contribution < -0.4 is 11.1 Å². The van der Waals surface area contributed by atoms with Crippen molar-refractivity contribution >= 4 is 17.5 Å². The van der Waals surface area contributed by atoms with Gasteiger partial charge in [0.25, 0.3) is 0 Å². The molecule has 1 aliphatic rings. The van der Waals surface area contributed by atoms with Gasteiger partial charge in [0.1, 0.15) is 0 Å². The molecule has 0 aromatic heterocycles. The van der Waals surface area contributed by atoms with Gasteiger partial charge in [-0.05, 0) is 37.5 Å². The van der Waals surface area contributed by atoms with E-state index in [4.69, 9.17) is 17.3 Å². The lowest BCUT2D eigenvalue weighted by Gasteiger charge is -2.30. The van der Waals surface area contributed by atoms with E-state index in [0.29, 0.717) is 13.0 Å². The Balaban J connectivity index is 2.06. The molecule has 110 valence electrons. The summed E-state index contributed by atoms with van der Waals surface area (Å²) >= 11 is 5.96. The summed E-state index contributed by atoms with van der Waals surface area (Å²) in [6.45, 7) is 2.55. The summed E-state index contributed by atoms with van der Waals surface area (Å²) in [5.74, 6) is 0.0419. The number of halogens is 1. The zero-order chi connectivity index (χ0) is 14.6. The third-order valence-corrected chi connectivity index (χ3v) is 4.40. The maximum atomic E-state index is 11.8. The summed E-state index contributed by atoms with van der Waals surface area (Å²) in [6, 6.07) is 7.95. The minimum Gasteiger partial charge on any atom is -0.355 e. The molecular formula is C16H23ClN2O. The fourth-order valence-electron chi connectivity index (χ4n) is 3.06. The number of carbonyl (C=O) groups is 1. The fraction of sp³-hybridized carbons (Fsp3) is 0.562. The number of nitrogens with two attached hydrogens (primary N) is 1. The van der Waals surface area contributed by atoms with Gasteiger partial charge in [-0.2, -0.15) is 0 Å². The Labute approximate surface area is 125 Å². The number of nitrogens with one attached hydrogen (secondary N) is 1. The van der Waals surface area contributed by atoms with Crippen LogP contribution in [0, 0.1) is 0 Å². The first-order chi connectivity index (χ1) is 9.52. The second-order valence-corrected chi connectivity index (χ2v) is 6.39. The van der Waals surface area contributed by atoms with E-state index >= 15 is 0 Å². The van der Waals surface area contributed by atoms with Crippen LogP contribution in [-0.2, 0) is 10.2 Å². The normalized spacial score (nSPS) is 18.8. The summed E-state index contributed by atoms with van der Waals surface area (Å²) in [5, 5.41) is 3.81. The molecule has 1 aromatic rings. The van der Waals surface area contributed by atoms with E-state index in [9.17, 15) is 4.79 Å². The predicted octanol–water partition coefficient (Wildman–Crippen LogP) is 3.01. The Morgan fingerprint density at radius 1 is 1.35 bits per heavy atom. The minimum atomic E-state index is -0.0925. The van der Waals surface area contributed by atoms with Gasteiger partial charge in [0.15, 0.2) is 0 Å². The number of hydrogen-bond donors (Lipinski definition) is 2. The first-order valence-electron chi connectivity index (χ1n) is 7.30. The van der Waals surface area contributed by atoms with Gasteiger partial charge < -0.3 is 11.1 Å². The second kappa shape index (κ2) is 6.59. The first-order valence-corrected chi connectivity index (χ1v) is 7.68. The summed E-state index contributed by atoms with van der Waals surface area (Å²) in [4.78, 5) is 11.8. The van der Waals surface area contributed by atoms with Crippen molar-refractivity contribution in [3.05, 3.63) is 34.9 Å². The molecule has 0 radical (unpaired) electrons. The molecule has 0 bridgehead atoms. The topological polar surface area (TPSA) is 55.1 Å². The molecule has 4 heteroatoms. The van der Waals surface area contributed by atoms with Crippen molar-refractivity contribution in [2.45, 2.75) is 50.5 Å². The van der Waals surface area contributed by atoms with Crippen molar-refractivity contribution in [3.63, 3.8) is 0 Å². The summed E-state index contributed by atoms with van der Waals surface area (Å²) in [5.41, 5.74) is 7.01. The number of benzene rings is 1. The molecule has 0 heterocycles. The molecule has 3 N–H and O–H groups in total. The highest BCUT2D eigenvalue weighted by Crippen LogP contribution is 2.40. The summed E-state index contributed by atoms with van der Waals surface area (Å²) < 4.78 is 0. The van der Waals surface area contributed by atoms with Gasteiger partial charge in [0, 0.05) is 29.4 Å². The van der Waals surface area contributed by atoms with Gasteiger partial charge in [-0.25, -0.2) is 0 Å². The van der Waals surface area contributed by atoms with Crippen LogP contribution in [-0.4, -0.2) is 18.5 Å². The quantitative estimate of drug-likeness (QED) is 0.877. The van der Waals surface area contributed by atoms with E-state index in [-0.39, 0.29) is 17.4 Å². The van der Waals surface area contributed by atoms with Crippen LogP contribution in [0.1, 0.15) is 44.6 Å². The SMILES string of the molecule is CC(N)CC(=O)NCC1(c2ccc(Cl)cc2)CCCC1. The number of carbonyl (C=O) groups excluding carboxylic acids is 1. The monoisotopic (exact) mass is 294 g/mol. The molecule has 0 saturated heterocycles. The van der Waals surface area contributed by atoms with Gasteiger partial charge in [-0.3, -0.25) is 4.79 Å². The van der Waals surface area contributed by atoms with Crippen molar-refractivity contribution in [1.29, 1.82) is 0 Å². The molecule has 1 amide bonds. The molecule has 2 rings (SSSR count). The van der Waals surface area contributed by atoms with Crippen molar-refractivity contribution in [2.75, 3.05) is 6.54 Å². The summed E-state index contributed by atoms with van der Waals surface area (Å²) in [6.07, 6.45) is 5.05. The molecule has 20 heavy (non-hydrogen) atoms. The molecule has 0 aliphatic heterocycles. The highest BCUT2D eigenvalue weighted by Gasteiger charge is 2.35. The molecule has 1 unspecified atom stereocenters. The average Bonchev–Trinajstić information content (AvgIpc) is 2.86. The maximum Gasteiger partial charge on any atom is 0.221 e. The van der Waals surface area contributed by atoms with Gasteiger partial charge in [-0.15, -0.1) is 0 Å². The van der Waals surface area contributed by atoms with Crippen LogP contribution in [0.15, 0.2) is 24.3 Å². The minimum absolute atomic E-state index is 0.0419. The zero-order valence-corrected chi connectivity index (χ0v) is 12.7. The third kappa shape index (κ3) is 3.74. The van der Waals surface area contributed by atoms with Crippen LogP contribution in [0.3, 0.4) is 0 Å². The van der Waals surface area contributed by atoms with E-state index in [1.807, 2.05) is 19.1 Å². The molecule has 1 aliphatic carbocycles. The van der Waals surface area contributed by atoms with E-state index < -0.39 is 0 Å². The zero-order valence-electron chi connectivity index (χ0n) is 12.0. The van der Waals surface area contributed by atoms with Crippen molar-refractivity contribution in [2.24, 2.45) is 5.73 Å². The third-order valence-electron chi connectivity index (χ3n) is 4.15. The Kier molecular flexibility index (Phi) is 5.06. The molecule has 1 aromatic carbocycles. The largest absolute Gasteiger partial charge is 0.355 e. The lowest BCUT2D eigenvalue weighted by Crippen LogP contribution is -2.40. The number of amides is 1. The van der Waals surface area contributed by atoms with Crippen molar-refractivity contribution < 1.29 is 4.79 Å².